The highest BCUT2D eigenvalue weighted by atomic mass is 16.5. The summed E-state index contributed by atoms with van der Waals surface area (Å²) in [5.74, 6) is 3.43. The Morgan fingerprint density at radius 1 is 0.645 bits per heavy atom. The SMILES string of the molecule is COc1cc(OC)c(OC)cc1CNCc1ccc(OCc2ccncc2)c(OC)c1. The highest BCUT2D eigenvalue weighted by molar-refractivity contribution is 5.50. The van der Waals surface area contributed by atoms with Crippen LogP contribution in [0.5, 0.6) is 28.7 Å². The molecule has 0 unspecified atom stereocenters. The molecule has 31 heavy (non-hydrogen) atoms. The van der Waals surface area contributed by atoms with Gasteiger partial charge in [-0.25, -0.2) is 0 Å². The summed E-state index contributed by atoms with van der Waals surface area (Å²) in [5.41, 5.74) is 3.10. The van der Waals surface area contributed by atoms with Crippen molar-refractivity contribution < 1.29 is 23.7 Å². The average molecular weight is 424 g/mol. The zero-order chi connectivity index (χ0) is 22.1. The second kappa shape index (κ2) is 11.1. The van der Waals surface area contributed by atoms with Crippen molar-refractivity contribution in [2.45, 2.75) is 19.7 Å². The first-order valence-corrected chi connectivity index (χ1v) is 9.86. The van der Waals surface area contributed by atoms with Gasteiger partial charge in [0.2, 0.25) is 0 Å². The van der Waals surface area contributed by atoms with Crippen molar-refractivity contribution in [1.82, 2.24) is 10.3 Å². The molecule has 0 amide bonds. The predicted octanol–water partition coefficient (Wildman–Crippen LogP) is 3.98. The Bertz CT molecular complexity index is 979. The predicted molar refractivity (Wildman–Crippen MR) is 118 cm³/mol. The van der Waals surface area contributed by atoms with Gasteiger partial charge in [-0.2, -0.15) is 0 Å². The zero-order valence-electron chi connectivity index (χ0n) is 18.3. The van der Waals surface area contributed by atoms with E-state index in [1.807, 2.05) is 42.5 Å². The summed E-state index contributed by atoms with van der Waals surface area (Å²) in [7, 11) is 6.50. The first-order chi connectivity index (χ1) is 15.2. The van der Waals surface area contributed by atoms with E-state index in [1.165, 1.54) is 0 Å². The van der Waals surface area contributed by atoms with Gasteiger partial charge in [0.15, 0.2) is 23.0 Å². The molecule has 3 rings (SSSR count). The first-order valence-electron chi connectivity index (χ1n) is 9.86. The molecule has 0 aliphatic rings. The zero-order valence-corrected chi connectivity index (χ0v) is 18.3. The minimum Gasteiger partial charge on any atom is -0.496 e. The number of pyridine rings is 1. The smallest absolute Gasteiger partial charge is 0.164 e. The maximum atomic E-state index is 5.91. The van der Waals surface area contributed by atoms with E-state index in [4.69, 9.17) is 23.7 Å². The highest BCUT2D eigenvalue weighted by Gasteiger charge is 2.12. The lowest BCUT2D eigenvalue weighted by Crippen LogP contribution is -2.14. The molecule has 7 heteroatoms. The lowest BCUT2D eigenvalue weighted by Gasteiger charge is -2.15. The third-order valence-corrected chi connectivity index (χ3v) is 4.80. The summed E-state index contributed by atoms with van der Waals surface area (Å²) < 4.78 is 27.6. The molecule has 1 N–H and O–H groups in total. The highest BCUT2D eigenvalue weighted by Crippen LogP contribution is 2.34. The minimum atomic E-state index is 0.454. The minimum absolute atomic E-state index is 0.454. The van der Waals surface area contributed by atoms with E-state index in [0.29, 0.717) is 42.7 Å². The Balaban J connectivity index is 1.63. The molecule has 0 saturated carbocycles. The van der Waals surface area contributed by atoms with Crippen molar-refractivity contribution in [3.05, 3.63) is 71.5 Å². The number of hydrogen-bond donors (Lipinski definition) is 1. The van der Waals surface area contributed by atoms with Crippen molar-refractivity contribution in [1.29, 1.82) is 0 Å². The van der Waals surface area contributed by atoms with E-state index in [-0.39, 0.29) is 0 Å². The second-order valence-corrected chi connectivity index (χ2v) is 6.75. The monoisotopic (exact) mass is 424 g/mol. The molecule has 0 atom stereocenters. The molecule has 3 aromatic rings. The Labute approximate surface area is 182 Å². The molecule has 0 bridgehead atoms. The lowest BCUT2D eigenvalue weighted by atomic mass is 10.1. The summed E-state index contributed by atoms with van der Waals surface area (Å²) in [6.07, 6.45) is 3.50. The molecule has 0 radical (unpaired) electrons. The van der Waals surface area contributed by atoms with Gasteiger partial charge in [-0.1, -0.05) is 6.07 Å². The molecule has 0 spiro atoms. The molecular weight excluding hydrogens is 396 g/mol. The molecule has 1 heterocycles. The van der Waals surface area contributed by atoms with Gasteiger partial charge < -0.3 is 29.0 Å². The summed E-state index contributed by atoms with van der Waals surface area (Å²) in [6, 6.07) is 13.5. The van der Waals surface area contributed by atoms with Crippen LogP contribution >= 0.6 is 0 Å². The average Bonchev–Trinajstić information content (AvgIpc) is 2.83. The molecule has 0 saturated heterocycles. The van der Waals surface area contributed by atoms with Gasteiger partial charge in [-0.05, 0) is 41.5 Å². The van der Waals surface area contributed by atoms with Crippen LogP contribution in [0.3, 0.4) is 0 Å². The van der Waals surface area contributed by atoms with Crippen LogP contribution in [0.15, 0.2) is 54.9 Å². The first kappa shape index (κ1) is 22.2. The van der Waals surface area contributed by atoms with Gasteiger partial charge in [-0.15, -0.1) is 0 Å². The second-order valence-electron chi connectivity index (χ2n) is 6.75. The Morgan fingerprint density at radius 2 is 1.29 bits per heavy atom. The summed E-state index contributed by atoms with van der Waals surface area (Å²) in [4.78, 5) is 4.02. The standard InChI is InChI=1S/C24H28N2O5/c1-27-21-13-24(30-4)23(29-3)12-19(21)15-26-14-18-5-6-20(22(11-18)28-2)31-16-17-7-9-25-10-8-17/h5-13,26H,14-16H2,1-4H3. The molecule has 0 aliphatic heterocycles. The van der Waals surface area contributed by atoms with Crippen molar-refractivity contribution in [2.75, 3.05) is 28.4 Å². The number of nitrogens with zero attached hydrogens (tertiary/aromatic N) is 1. The number of aromatic nitrogens is 1. The van der Waals surface area contributed by atoms with Gasteiger partial charge in [0, 0.05) is 37.1 Å². The molecule has 1 aromatic heterocycles. The third-order valence-electron chi connectivity index (χ3n) is 4.80. The van der Waals surface area contributed by atoms with E-state index >= 15 is 0 Å². The maximum Gasteiger partial charge on any atom is 0.164 e. The number of ether oxygens (including phenoxy) is 5. The van der Waals surface area contributed by atoms with Crippen molar-refractivity contribution in [3.8, 4) is 28.7 Å². The molecule has 164 valence electrons. The van der Waals surface area contributed by atoms with Gasteiger partial charge in [-0.3, -0.25) is 4.98 Å². The fraction of sp³-hybridized carbons (Fsp3) is 0.292. The van der Waals surface area contributed by atoms with Crippen LogP contribution in [-0.4, -0.2) is 33.4 Å². The molecule has 2 aromatic carbocycles. The van der Waals surface area contributed by atoms with Crippen molar-refractivity contribution >= 4 is 0 Å². The van der Waals surface area contributed by atoms with Gasteiger partial charge in [0.05, 0.1) is 28.4 Å². The number of rotatable bonds is 11. The largest absolute Gasteiger partial charge is 0.496 e. The molecule has 7 nitrogen and oxygen atoms in total. The number of hydrogen-bond acceptors (Lipinski definition) is 7. The molecule has 0 aliphatic carbocycles. The normalized spacial score (nSPS) is 10.5. The van der Waals surface area contributed by atoms with Crippen LogP contribution in [0.4, 0.5) is 0 Å². The van der Waals surface area contributed by atoms with Crippen LogP contribution in [0.1, 0.15) is 16.7 Å². The van der Waals surface area contributed by atoms with Crippen LogP contribution in [-0.2, 0) is 19.7 Å². The summed E-state index contributed by atoms with van der Waals surface area (Å²) in [6.45, 7) is 1.71. The van der Waals surface area contributed by atoms with E-state index in [9.17, 15) is 0 Å². The van der Waals surface area contributed by atoms with E-state index in [1.54, 1.807) is 40.8 Å². The van der Waals surface area contributed by atoms with Gasteiger partial charge in [0.1, 0.15) is 12.4 Å². The maximum absolute atomic E-state index is 5.91. The Hall–Kier alpha value is -3.45. The van der Waals surface area contributed by atoms with Gasteiger partial charge in [0.25, 0.3) is 0 Å². The fourth-order valence-electron chi connectivity index (χ4n) is 3.15. The third kappa shape index (κ3) is 5.79. The quantitative estimate of drug-likeness (QED) is 0.499. The van der Waals surface area contributed by atoms with Crippen molar-refractivity contribution in [3.63, 3.8) is 0 Å². The summed E-state index contributed by atoms with van der Waals surface area (Å²) >= 11 is 0. The number of nitrogens with one attached hydrogen (secondary N) is 1. The number of benzene rings is 2. The van der Waals surface area contributed by atoms with Crippen LogP contribution in [0.25, 0.3) is 0 Å². The van der Waals surface area contributed by atoms with E-state index in [0.717, 1.165) is 22.4 Å². The Kier molecular flexibility index (Phi) is 7.95. The van der Waals surface area contributed by atoms with Crippen LogP contribution < -0.4 is 29.0 Å². The van der Waals surface area contributed by atoms with E-state index < -0.39 is 0 Å². The number of methoxy groups -OCH3 is 4. The molecule has 0 fully saturated rings. The van der Waals surface area contributed by atoms with Crippen molar-refractivity contribution in [2.24, 2.45) is 0 Å². The van der Waals surface area contributed by atoms with E-state index in [2.05, 4.69) is 10.3 Å². The lowest BCUT2D eigenvalue weighted by molar-refractivity contribution is 0.284. The van der Waals surface area contributed by atoms with Crippen LogP contribution in [0, 0.1) is 0 Å². The molecular formula is C24H28N2O5. The topological polar surface area (TPSA) is 71.1 Å². The van der Waals surface area contributed by atoms with Crippen LogP contribution in [0.2, 0.25) is 0 Å². The Morgan fingerprint density at radius 3 is 1.97 bits per heavy atom. The van der Waals surface area contributed by atoms with Gasteiger partial charge >= 0.3 is 0 Å². The summed E-state index contributed by atoms with van der Waals surface area (Å²) in [5, 5.41) is 3.43. The fourth-order valence-corrected chi connectivity index (χ4v) is 3.15.